The summed E-state index contributed by atoms with van der Waals surface area (Å²) in [6.45, 7) is 6.69. The molecule has 1 N–H and O–H groups in total. The molecule has 0 amide bonds. The Hall–Kier alpha value is -0.890. The van der Waals surface area contributed by atoms with Crippen molar-refractivity contribution in [2.45, 2.75) is 59.0 Å². The van der Waals surface area contributed by atoms with Crippen LogP contribution >= 0.6 is 0 Å². The molecular formula is C18H28O2. The van der Waals surface area contributed by atoms with Gasteiger partial charge in [-0.2, -0.15) is 0 Å². The van der Waals surface area contributed by atoms with Crippen molar-refractivity contribution in [1.29, 1.82) is 0 Å². The van der Waals surface area contributed by atoms with Crippen LogP contribution in [-0.2, 0) is 4.79 Å². The highest BCUT2D eigenvalue weighted by molar-refractivity contribution is 5.80. The van der Waals surface area contributed by atoms with Gasteiger partial charge < -0.3 is 5.11 Å². The van der Waals surface area contributed by atoms with Crippen molar-refractivity contribution in [2.75, 3.05) is 0 Å². The summed E-state index contributed by atoms with van der Waals surface area (Å²) >= 11 is 0. The summed E-state index contributed by atoms with van der Waals surface area (Å²) in [5, 5.41) is 10.2. The topological polar surface area (TPSA) is 37.3 Å². The van der Waals surface area contributed by atoms with Crippen molar-refractivity contribution in [3.8, 4) is 0 Å². The molecule has 0 saturated heterocycles. The molecule has 0 bridgehead atoms. The number of fused-ring (bicyclic) bond motifs is 1. The molecule has 4 atom stereocenters. The minimum Gasteiger partial charge on any atom is -0.393 e. The minimum atomic E-state index is -0.277. The van der Waals surface area contributed by atoms with E-state index in [0.29, 0.717) is 48.7 Å². The Morgan fingerprint density at radius 2 is 2.00 bits per heavy atom. The van der Waals surface area contributed by atoms with Crippen LogP contribution in [0.25, 0.3) is 0 Å². The molecule has 0 unspecified atom stereocenters. The van der Waals surface area contributed by atoms with Crippen molar-refractivity contribution in [3.63, 3.8) is 0 Å². The monoisotopic (exact) mass is 276 g/mol. The van der Waals surface area contributed by atoms with E-state index in [-0.39, 0.29) is 6.10 Å². The Balaban J connectivity index is 2.28. The van der Waals surface area contributed by atoms with E-state index in [1.54, 1.807) is 0 Å². The van der Waals surface area contributed by atoms with Gasteiger partial charge in [-0.15, -0.1) is 0 Å². The third kappa shape index (κ3) is 3.60. The van der Waals surface area contributed by atoms with Gasteiger partial charge >= 0.3 is 0 Å². The zero-order chi connectivity index (χ0) is 14.7. The number of Topliss-reactive ketones (excluding diaryl/α,β-unsaturated/α-hetero) is 1. The lowest BCUT2D eigenvalue weighted by molar-refractivity contribution is -0.120. The summed E-state index contributed by atoms with van der Waals surface area (Å²) in [5.74, 6) is 2.31. The van der Waals surface area contributed by atoms with E-state index < -0.39 is 0 Å². The summed E-state index contributed by atoms with van der Waals surface area (Å²) in [7, 11) is 0. The van der Waals surface area contributed by atoms with Crippen molar-refractivity contribution in [3.05, 3.63) is 23.8 Å². The molecular weight excluding hydrogens is 248 g/mol. The molecule has 2 aliphatic rings. The second-order valence-corrected chi connectivity index (χ2v) is 6.91. The largest absolute Gasteiger partial charge is 0.393 e. The first-order valence-electron chi connectivity index (χ1n) is 8.00. The molecule has 2 aliphatic carbocycles. The van der Waals surface area contributed by atoms with E-state index in [1.165, 1.54) is 5.57 Å². The fourth-order valence-corrected chi connectivity index (χ4v) is 3.91. The molecule has 2 nitrogen and oxygen atoms in total. The fourth-order valence-electron chi connectivity index (χ4n) is 3.91. The number of carbonyl (C=O) groups excluding carboxylic acids is 1. The van der Waals surface area contributed by atoms with Gasteiger partial charge in [0.05, 0.1) is 6.10 Å². The third-order valence-corrected chi connectivity index (χ3v) is 5.13. The zero-order valence-corrected chi connectivity index (χ0v) is 13.0. The minimum absolute atomic E-state index is 0.277. The van der Waals surface area contributed by atoms with Crippen LogP contribution < -0.4 is 0 Å². The Bertz CT molecular complexity index is 406. The van der Waals surface area contributed by atoms with E-state index >= 15 is 0 Å². The van der Waals surface area contributed by atoms with Gasteiger partial charge in [-0.1, -0.05) is 37.6 Å². The van der Waals surface area contributed by atoms with Gasteiger partial charge in [-0.05, 0) is 49.9 Å². The summed E-state index contributed by atoms with van der Waals surface area (Å²) in [5.41, 5.74) is 1.38. The smallest absolute Gasteiger partial charge is 0.136 e. The number of hydrogen-bond acceptors (Lipinski definition) is 2. The molecule has 0 saturated carbocycles. The maximum Gasteiger partial charge on any atom is 0.136 e. The second-order valence-electron chi connectivity index (χ2n) is 6.91. The van der Waals surface area contributed by atoms with Crippen molar-refractivity contribution in [1.82, 2.24) is 0 Å². The van der Waals surface area contributed by atoms with Crippen LogP contribution in [0.15, 0.2) is 23.8 Å². The highest BCUT2D eigenvalue weighted by Gasteiger charge is 2.36. The molecule has 0 spiro atoms. The van der Waals surface area contributed by atoms with Crippen molar-refractivity contribution >= 4 is 5.78 Å². The maximum absolute atomic E-state index is 12.2. The number of hydrogen-bond donors (Lipinski definition) is 1. The third-order valence-electron chi connectivity index (χ3n) is 5.13. The summed E-state index contributed by atoms with van der Waals surface area (Å²) in [6.07, 6.45) is 9.73. The maximum atomic E-state index is 12.2. The Kier molecular flexibility index (Phi) is 5.20. The predicted octanol–water partition coefficient (Wildman–Crippen LogP) is 3.90. The van der Waals surface area contributed by atoms with Crippen LogP contribution in [0.4, 0.5) is 0 Å². The molecule has 0 radical (unpaired) electrons. The normalized spacial score (nSPS) is 35.6. The molecule has 0 aromatic carbocycles. The number of allylic oxidation sites excluding steroid dienone is 3. The van der Waals surface area contributed by atoms with Crippen LogP contribution in [0.2, 0.25) is 0 Å². The molecule has 0 fully saturated rings. The van der Waals surface area contributed by atoms with Crippen LogP contribution in [-0.4, -0.2) is 17.0 Å². The Morgan fingerprint density at radius 3 is 2.70 bits per heavy atom. The van der Waals surface area contributed by atoms with Gasteiger partial charge in [0.2, 0.25) is 0 Å². The summed E-state index contributed by atoms with van der Waals surface area (Å²) in [6, 6.07) is 0. The van der Waals surface area contributed by atoms with E-state index in [4.69, 9.17) is 0 Å². The van der Waals surface area contributed by atoms with Crippen LogP contribution in [0.5, 0.6) is 0 Å². The molecule has 0 heterocycles. The lowest BCUT2D eigenvalue weighted by Gasteiger charge is -2.40. The van der Waals surface area contributed by atoms with E-state index in [1.807, 2.05) is 12.2 Å². The van der Waals surface area contributed by atoms with Crippen molar-refractivity contribution in [2.24, 2.45) is 23.7 Å². The summed E-state index contributed by atoms with van der Waals surface area (Å²) in [4.78, 5) is 12.2. The SMILES string of the molecule is CC1=CC[C@H](C(C)C)[C@H]2CC(=O)CC=CC[C@@H](O)C[C@@H]12. The molecule has 0 aliphatic heterocycles. The Labute approximate surface area is 123 Å². The summed E-state index contributed by atoms with van der Waals surface area (Å²) < 4.78 is 0. The van der Waals surface area contributed by atoms with Crippen LogP contribution in [0.1, 0.15) is 52.9 Å². The first-order valence-corrected chi connectivity index (χ1v) is 8.00. The van der Waals surface area contributed by atoms with Gasteiger partial charge in [-0.3, -0.25) is 4.79 Å². The lowest BCUT2D eigenvalue weighted by atomic mass is 9.64. The molecule has 112 valence electrons. The number of aliphatic hydroxyl groups excluding tert-OH is 1. The lowest BCUT2D eigenvalue weighted by Crippen LogP contribution is -2.35. The zero-order valence-electron chi connectivity index (χ0n) is 13.0. The van der Waals surface area contributed by atoms with Gasteiger partial charge in [-0.25, -0.2) is 0 Å². The van der Waals surface area contributed by atoms with Gasteiger partial charge in [0.15, 0.2) is 0 Å². The van der Waals surface area contributed by atoms with Crippen LogP contribution in [0, 0.1) is 23.7 Å². The van der Waals surface area contributed by atoms with E-state index in [9.17, 15) is 9.90 Å². The van der Waals surface area contributed by atoms with Crippen LogP contribution in [0.3, 0.4) is 0 Å². The standard InChI is InChI=1S/C18H28O2/c1-12(2)16-9-8-13(3)17-10-14(19)6-4-5-7-15(20)11-18(16)17/h4-5,8,12,14,16-19H,6-7,9-11H2,1-3H3/t14-,16-,17+,18-/m1/s1. The molecule has 0 aromatic heterocycles. The van der Waals surface area contributed by atoms with Gasteiger partial charge in [0.1, 0.15) is 5.78 Å². The van der Waals surface area contributed by atoms with E-state index in [2.05, 4.69) is 26.8 Å². The number of rotatable bonds is 1. The first kappa shape index (κ1) is 15.5. The van der Waals surface area contributed by atoms with Crippen molar-refractivity contribution < 1.29 is 9.90 Å². The number of carbonyl (C=O) groups is 1. The quantitative estimate of drug-likeness (QED) is 0.737. The fraction of sp³-hybridized carbons (Fsp3) is 0.722. The van der Waals surface area contributed by atoms with Gasteiger partial charge in [0, 0.05) is 12.8 Å². The molecule has 0 aromatic rings. The highest BCUT2D eigenvalue weighted by atomic mass is 16.3. The first-order chi connectivity index (χ1) is 9.49. The average molecular weight is 276 g/mol. The average Bonchev–Trinajstić information content (AvgIpc) is 2.38. The second kappa shape index (κ2) is 6.71. The van der Waals surface area contributed by atoms with E-state index in [0.717, 1.165) is 12.8 Å². The number of ketones is 1. The Morgan fingerprint density at radius 1 is 1.25 bits per heavy atom. The van der Waals surface area contributed by atoms with Gasteiger partial charge in [0.25, 0.3) is 0 Å². The predicted molar refractivity (Wildman–Crippen MR) is 82.3 cm³/mol. The molecule has 20 heavy (non-hydrogen) atoms. The molecule has 2 heteroatoms. The molecule has 2 rings (SSSR count). The number of aliphatic hydroxyl groups is 1. The highest BCUT2D eigenvalue weighted by Crippen LogP contribution is 2.43.